The zero-order chi connectivity index (χ0) is 20.1. The number of benzene rings is 2. The first-order valence-corrected chi connectivity index (χ1v) is 9.82. The molecule has 1 amide bonds. The first-order chi connectivity index (χ1) is 14.1. The van der Waals surface area contributed by atoms with Gasteiger partial charge in [0, 0.05) is 42.1 Å². The number of hydrogen-bond acceptors (Lipinski definition) is 4. The summed E-state index contributed by atoms with van der Waals surface area (Å²) in [5.41, 5.74) is 4.73. The molecule has 6 nitrogen and oxygen atoms in total. The Morgan fingerprint density at radius 3 is 2.62 bits per heavy atom. The van der Waals surface area contributed by atoms with Crippen LogP contribution >= 0.6 is 0 Å². The number of fused-ring (bicyclic) bond motifs is 1. The predicted molar refractivity (Wildman–Crippen MR) is 111 cm³/mol. The Kier molecular flexibility index (Phi) is 4.08. The van der Waals surface area contributed by atoms with Crippen molar-refractivity contribution in [1.29, 1.82) is 0 Å². The van der Waals surface area contributed by atoms with Crippen molar-refractivity contribution in [3.05, 3.63) is 63.4 Å². The Morgan fingerprint density at radius 1 is 1.03 bits per heavy atom. The number of nitrogens with zero attached hydrogens (tertiary/aromatic N) is 1. The average molecular weight is 390 g/mol. The Bertz CT molecular complexity index is 1210. The molecule has 0 saturated heterocycles. The molecule has 29 heavy (non-hydrogen) atoms. The second-order valence-electron chi connectivity index (χ2n) is 7.61. The minimum Gasteiger partial charge on any atom is -0.493 e. The molecule has 148 valence electrons. The van der Waals surface area contributed by atoms with Crippen LogP contribution in [0.15, 0.2) is 41.2 Å². The largest absolute Gasteiger partial charge is 0.493 e. The van der Waals surface area contributed by atoms with Gasteiger partial charge in [-0.2, -0.15) is 0 Å². The summed E-state index contributed by atoms with van der Waals surface area (Å²) < 4.78 is 12.7. The van der Waals surface area contributed by atoms with E-state index in [2.05, 4.69) is 17.4 Å². The molecule has 0 fully saturated rings. The van der Waals surface area contributed by atoms with E-state index in [4.69, 9.17) is 9.47 Å². The van der Waals surface area contributed by atoms with Gasteiger partial charge >= 0.3 is 0 Å². The first-order valence-electron chi connectivity index (χ1n) is 9.82. The Hall–Kier alpha value is -3.28. The van der Waals surface area contributed by atoms with E-state index in [0.29, 0.717) is 17.2 Å². The summed E-state index contributed by atoms with van der Waals surface area (Å²) in [6, 6.07) is 11.6. The Labute approximate surface area is 168 Å². The molecule has 1 N–H and O–H groups in total. The van der Waals surface area contributed by atoms with E-state index >= 15 is 0 Å². The maximum absolute atomic E-state index is 12.9. The SMILES string of the molecule is COc1cc2c(cc1OC)C(c1cc(=O)n3c4c(cccc14)CCC3)CC(=O)N2. The molecule has 5 rings (SSSR count). The maximum Gasteiger partial charge on any atom is 0.251 e. The minimum atomic E-state index is -0.224. The van der Waals surface area contributed by atoms with Crippen LogP contribution in [0.2, 0.25) is 0 Å². The number of para-hydroxylation sites is 1. The second-order valence-corrected chi connectivity index (χ2v) is 7.61. The first kappa shape index (κ1) is 17.8. The Morgan fingerprint density at radius 2 is 1.83 bits per heavy atom. The van der Waals surface area contributed by atoms with Gasteiger partial charge in [0.05, 0.1) is 19.7 Å². The van der Waals surface area contributed by atoms with Crippen molar-refractivity contribution in [1.82, 2.24) is 4.57 Å². The van der Waals surface area contributed by atoms with Crippen molar-refractivity contribution in [3.8, 4) is 11.5 Å². The maximum atomic E-state index is 12.9. The van der Waals surface area contributed by atoms with E-state index < -0.39 is 0 Å². The average Bonchev–Trinajstić information content (AvgIpc) is 2.74. The van der Waals surface area contributed by atoms with Crippen molar-refractivity contribution in [2.45, 2.75) is 31.7 Å². The lowest BCUT2D eigenvalue weighted by atomic mass is 9.82. The topological polar surface area (TPSA) is 69.6 Å². The molecule has 1 aromatic heterocycles. The third kappa shape index (κ3) is 2.70. The summed E-state index contributed by atoms with van der Waals surface area (Å²) in [5, 5.41) is 3.98. The second kappa shape index (κ2) is 6.65. The number of nitrogens with one attached hydrogen (secondary N) is 1. The number of pyridine rings is 1. The number of hydrogen-bond donors (Lipinski definition) is 1. The molecule has 1 unspecified atom stereocenters. The highest BCUT2D eigenvalue weighted by molar-refractivity contribution is 5.97. The van der Waals surface area contributed by atoms with Gasteiger partial charge in [0.1, 0.15) is 0 Å². The van der Waals surface area contributed by atoms with Gasteiger partial charge < -0.3 is 19.4 Å². The van der Waals surface area contributed by atoms with Gasteiger partial charge in [-0.3, -0.25) is 9.59 Å². The molecule has 2 aliphatic rings. The van der Waals surface area contributed by atoms with Crippen LogP contribution in [-0.2, 0) is 17.8 Å². The quantitative estimate of drug-likeness (QED) is 0.744. The van der Waals surface area contributed by atoms with Crippen LogP contribution < -0.4 is 20.3 Å². The summed E-state index contributed by atoms with van der Waals surface area (Å²) in [5.74, 6) is 0.865. The molecule has 0 radical (unpaired) electrons. The molecule has 2 aromatic carbocycles. The van der Waals surface area contributed by atoms with Gasteiger partial charge in [0.2, 0.25) is 5.91 Å². The van der Waals surface area contributed by atoms with Crippen molar-refractivity contribution >= 4 is 22.5 Å². The van der Waals surface area contributed by atoms with E-state index in [9.17, 15) is 9.59 Å². The number of anilines is 1. The van der Waals surface area contributed by atoms with Crippen LogP contribution in [0.4, 0.5) is 5.69 Å². The van der Waals surface area contributed by atoms with Crippen molar-refractivity contribution < 1.29 is 14.3 Å². The van der Waals surface area contributed by atoms with Crippen LogP contribution in [-0.4, -0.2) is 24.7 Å². The molecule has 0 saturated carbocycles. The van der Waals surface area contributed by atoms with Crippen molar-refractivity contribution in [3.63, 3.8) is 0 Å². The van der Waals surface area contributed by atoms with Crippen LogP contribution in [0.1, 0.15) is 35.4 Å². The zero-order valence-corrected chi connectivity index (χ0v) is 16.5. The fraction of sp³-hybridized carbons (Fsp3) is 0.304. The van der Waals surface area contributed by atoms with E-state index in [-0.39, 0.29) is 23.8 Å². The molecular formula is C23H22N2O4. The van der Waals surface area contributed by atoms with E-state index in [1.165, 1.54) is 5.56 Å². The van der Waals surface area contributed by atoms with Crippen LogP contribution in [0.5, 0.6) is 11.5 Å². The van der Waals surface area contributed by atoms with Gasteiger partial charge in [-0.05, 0) is 35.6 Å². The van der Waals surface area contributed by atoms with Crippen LogP contribution in [0, 0.1) is 0 Å². The third-order valence-corrected chi connectivity index (χ3v) is 6.04. The molecule has 0 bridgehead atoms. The normalized spacial score (nSPS) is 17.6. The van der Waals surface area contributed by atoms with Crippen LogP contribution in [0.25, 0.3) is 10.9 Å². The van der Waals surface area contributed by atoms with Gasteiger partial charge in [-0.25, -0.2) is 0 Å². The monoisotopic (exact) mass is 390 g/mol. The lowest BCUT2D eigenvalue weighted by Gasteiger charge is -2.29. The molecule has 0 aliphatic carbocycles. The lowest BCUT2D eigenvalue weighted by Crippen LogP contribution is -2.28. The summed E-state index contributed by atoms with van der Waals surface area (Å²) in [7, 11) is 3.16. The number of methoxy groups -OCH3 is 2. The smallest absolute Gasteiger partial charge is 0.251 e. The van der Waals surface area contributed by atoms with Gasteiger partial charge in [-0.15, -0.1) is 0 Å². The number of carbonyl (C=O) groups is 1. The molecule has 3 aromatic rings. The van der Waals surface area contributed by atoms with E-state index in [1.807, 2.05) is 16.7 Å². The Balaban J connectivity index is 1.78. The van der Waals surface area contributed by atoms with Gasteiger partial charge in [0.15, 0.2) is 11.5 Å². The van der Waals surface area contributed by atoms with Gasteiger partial charge in [-0.1, -0.05) is 18.2 Å². The summed E-state index contributed by atoms with van der Waals surface area (Å²) in [4.78, 5) is 25.5. The molecule has 2 aliphatic heterocycles. The molecule has 1 atom stereocenters. The molecule has 0 spiro atoms. The summed E-state index contributed by atoms with van der Waals surface area (Å²) >= 11 is 0. The number of amides is 1. The molecule has 3 heterocycles. The summed E-state index contributed by atoms with van der Waals surface area (Å²) in [6.07, 6.45) is 2.22. The number of rotatable bonds is 3. The van der Waals surface area contributed by atoms with Gasteiger partial charge in [0.25, 0.3) is 5.56 Å². The number of carbonyl (C=O) groups excluding carboxylic acids is 1. The van der Waals surface area contributed by atoms with E-state index in [0.717, 1.165) is 41.4 Å². The highest BCUT2D eigenvalue weighted by Gasteiger charge is 2.31. The highest BCUT2D eigenvalue weighted by atomic mass is 16.5. The third-order valence-electron chi connectivity index (χ3n) is 6.04. The standard InChI is InChI=1S/C23H22N2O4/c1-28-19-9-17-15(10-21(26)24-18(17)12-20(19)29-2)16-11-22(27)25-8-4-6-13-5-3-7-14(16)23(13)25/h3,5,7,9,11-12,15H,4,6,8,10H2,1-2H3,(H,24,26). The molecule has 6 heteroatoms. The van der Waals surface area contributed by atoms with Crippen molar-refractivity contribution in [2.24, 2.45) is 0 Å². The summed E-state index contributed by atoms with van der Waals surface area (Å²) in [6.45, 7) is 0.736. The number of ether oxygens (including phenoxy) is 2. The lowest BCUT2D eigenvalue weighted by molar-refractivity contribution is -0.116. The zero-order valence-electron chi connectivity index (χ0n) is 16.5. The minimum absolute atomic E-state index is 0.00680. The number of aryl methyl sites for hydroxylation is 2. The van der Waals surface area contributed by atoms with Crippen molar-refractivity contribution in [2.75, 3.05) is 19.5 Å². The fourth-order valence-corrected chi connectivity index (χ4v) is 4.75. The predicted octanol–water partition coefficient (Wildman–Crippen LogP) is 3.44. The highest BCUT2D eigenvalue weighted by Crippen LogP contribution is 2.44. The van der Waals surface area contributed by atoms with Crippen LogP contribution in [0.3, 0.4) is 0 Å². The molecular weight excluding hydrogens is 368 g/mol. The van der Waals surface area contributed by atoms with E-state index in [1.54, 1.807) is 26.4 Å². The fourth-order valence-electron chi connectivity index (χ4n) is 4.75. The number of aromatic nitrogens is 1.